The molecule has 0 amide bonds. The first-order valence-electron chi connectivity index (χ1n) is 1.69. The lowest BCUT2D eigenvalue weighted by molar-refractivity contribution is 0.409. The van der Waals surface area contributed by atoms with Gasteiger partial charge in [0.05, 0.1) is 0 Å². The molecule has 0 fully saturated rings. The summed E-state index contributed by atoms with van der Waals surface area (Å²) in [5, 5.41) is 11.6. The topological polar surface area (TPSA) is 72.3 Å². The third-order valence-electron chi connectivity index (χ3n) is 0.578. The molecule has 0 aliphatic heterocycles. The van der Waals surface area contributed by atoms with Crippen molar-refractivity contribution >= 4 is 5.82 Å². The Labute approximate surface area is 39.5 Å². The summed E-state index contributed by atoms with van der Waals surface area (Å²) < 4.78 is 4.22. The van der Waals surface area contributed by atoms with E-state index in [2.05, 4.69) is 9.68 Å². The highest BCUT2D eigenvalue weighted by Gasteiger charge is 1.95. The van der Waals surface area contributed by atoms with Crippen LogP contribution < -0.4 is 5.73 Å². The Morgan fingerprint density at radius 2 is 2.57 bits per heavy atom. The quantitative estimate of drug-likeness (QED) is 0.480. The molecule has 3 N–H and O–H groups in total. The average molecular weight is 100 g/mol. The van der Waals surface area contributed by atoms with E-state index in [0.29, 0.717) is 0 Å². The van der Waals surface area contributed by atoms with Gasteiger partial charge in [0, 0.05) is 0 Å². The highest BCUT2D eigenvalue weighted by molar-refractivity contribution is 5.40. The normalized spacial score (nSPS) is 9.14. The van der Waals surface area contributed by atoms with Crippen LogP contribution in [-0.4, -0.2) is 10.3 Å². The molecule has 0 aliphatic rings. The van der Waals surface area contributed by atoms with Crippen molar-refractivity contribution in [1.29, 1.82) is 0 Å². The van der Waals surface area contributed by atoms with Gasteiger partial charge in [-0.1, -0.05) is 5.16 Å². The Kier molecular flexibility index (Phi) is 0.651. The predicted octanol–water partition coefficient (Wildman–Crippen LogP) is -0.0376. The Morgan fingerprint density at radius 3 is 2.71 bits per heavy atom. The van der Waals surface area contributed by atoms with E-state index in [-0.39, 0.29) is 11.6 Å². The van der Waals surface area contributed by atoms with Crippen molar-refractivity contribution in [2.45, 2.75) is 0 Å². The van der Waals surface area contributed by atoms with Gasteiger partial charge < -0.3 is 15.4 Å². The Balaban J connectivity index is 3.12. The second kappa shape index (κ2) is 1.14. The minimum Gasteiger partial charge on any atom is -0.502 e. The van der Waals surface area contributed by atoms with Crippen LogP contribution in [0.15, 0.2) is 10.8 Å². The van der Waals surface area contributed by atoms with Crippen LogP contribution in [0.25, 0.3) is 0 Å². The minimum absolute atomic E-state index is 0.0278. The number of aromatic nitrogens is 1. The number of nitrogen functional groups attached to an aromatic ring is 1. The van der Waals surface area contributed by atoms with Crippen LogP contribution in [-0.2, 0) is 0 Å². The largest absolute Gasteiger partial charge is 0.502 e. The van der Waals surface area contributed by atoms with E-state index in [4.69, 9.17) is 10.8 Å². The molecule has 0 unspecified atom stereocenters. The molecule has 1 aromatic heterocycles. The van der Waals surface area contributed by atoms with Crippen molar-refractivity contribution in [3.63, 3.8) is 0 Å². The van der Waals surface area contributed by atoms with Crippen molar-refractivity contribution in [2.24, 2.45) is 0 Å². The molecule has 0 atom stereocenters. The van der Waals surface area contributed by atoms with Crippen LogP contribution in [0.5, 0.6) is 5.75 Å². The maximum atomic E-state index is 8.48. The number of hydrogen-bond donors (Lipinski definition) is 2. The lowest BCUT2D eigenvalue weighted by Gasteiger charge is -1.75. The van der Waals surface area contributed by atoms with Gasteiger partial charge in [-0.25, -0.2) is 0 Å². The molecule has 0 bridgehead atoms. The monoisotopic (exact) mass is 100 g/mol. The molecule has 1 heterocycles. The van der Waals surface area contributed by atoms with E-state index in [1.54, 1.807) is 0 Å². The third kappa shape index (κ3) is 0.489. The fraction of sp³-hybridized carbons (Fsp3) is 0. The lowest BCUT2D eigenvalue weighted by atomic mass is 10.6. The summed E-state index contributed by atoms with van der Waals surface area (Å²) in [7, 11) is 0. The predicted molar refractivity (Wildman–Crippen MR) is 22.6 cm³/mol. The molecule has 4 heteroatoms. The number of anilines is 1. The molecule has 0 aromatic carbocycles. The fourth-order valence-electron chi connectivity index (χ4n) is 0.240. The minimum atomic E-state index is -0.111. The Hall–Kier alpha value is -1.19. The molecular weight excluding hydrogens is 96.0 g/mol. The van der Waals surface area contributed by atoms with Gasteiger partial charge in [-0.05, 0) is 0 Å². The average Bonchev–Trinajstić information content (AvgIpc) is 1.91. The molecule has 38 valence electrons. The molecule has 1 rings (SSSR count). The first-order chi connectivity index (χ1) is 3.30. The SMILES string of the molecule is Nc1nocc1O. The summed E-state index contributed by atoms with van der Waals surface area (Å²) in [6, 6.07) is 0. The van der Waals surface area contributed by atoms with Crippen molar-refractivity contribution in [3.05, 3.63) is 6.26 Å². The van der Waals surface area contributed by atoms with Crippen LogP contribution in [0.3, 0.4) is 0 Å². The van der Waals surface area contributed by atoms with E-state index in [1.807, 2.05) is 0 Å². The summed E-state index contributed by atoms with van der Waals surface area (Å²) >= 11 is 0. The van der Waals surface area contributed by atoms with E-state index < -0.39 is 0 Å². The standard InChI is InChI=1S/C3H4N2O2/c4-3-2(6)1-7-5-3/h1,6H,(H2,4,5). The van der Waals surface area contributed by atoms with Gasteiger partial charge in [-0.15, -0.1) is 0 Å². The zero-order valence-electron chi connectivity index (χ0n) is 3.46. The number of nitrogens with two attached hydrogens (primary N) is 1. The van der Waals surface area contributed by atoms with Crippen LogP contribution in [0.2, 0.25) is 0 Å². The molecular formula is C3H4N2O2. The second-order valence-corrected chi connectivity index (χ2v) is 1.09. The zero-order chi connectivity index (χ0) is 5.28. The van der Waals surface area contributed by atoms with Gasteiger partial charge in [0.25, 0.3) is 0 Å². The summed E-state index contributed by atoms with van der Waals surface area (Å²) in [6.07, 6.45) is 1.06. The third-order valence-corrected chi connectivity index (χ3v) is 0.578. The second-order valence-electron chi connectivity index (χ2n) is 1.09. The maximum absolute atomic E-state index is 8.48. The Bertz CT molecular complexity index is 143. The smallest absolute Gasteiger partial charge is 0.209 e. The van der Waals surface area contributed by atoms with Crippen molar-refractivity contribution in [2.75, 3.05) is 5.73 Å². The number of hydrogen-bond acceptors (Lipinski definition) is 4. The fourth-order valence-corrected chi connectivity index (χ4v) is 0.240. The van der Waals surface area contributed by atoms with Crippen LogP contribution in [0, 0.1) is 0 Å². The number of aromatic hydroxyl groups is 1. The Morgan fingerprint density at radius 1 is 1.86 bits per heavy atom. The first kappa shape index (κ1) is 3.98. The highest BCUT2D eigenvalue weighted by Crippen LogP contribution is 2.14. The number of rotatable bonds is 0. The number of nitrogens with zero attached hydrogens (tertiary/aromatic N) is 1. The van der Waals surface area contributed by atoms with Crippen LogP contribution >= 0.6 is 0 Å². The molecule has 0 spiro atoms. The summed E-state index contributed by atoms with van der Waals surface area (Å²) in [5.74, 6) is -0.0833. The summed E-state index contributed by atoms with van der Waals surface area (Å²) in [6.45, 7) is 0. The van der Waals surface area contributed by atoms with Gasteiger partial charge in [0.1, 0.15) is 0 Å². The summed E-state index contributed by atoms with van der Waals surface area (Å²) in [5.41, 5.74) is 4.98. The molecule has 4 nitrogen and oxygen atoms in total. The molecule has 0 radical (unpaired) electrons. The van der Waals surface area contributed by atoms with E-state index in [1.165, 1.54) is 0 Å². The van der Waals surface area contributed by atoms with E-state index in [9.17, 15) is 0 Å². The highest BCUT2D eigenvalue weighted by atomic mass is 16.5. The van der Waals surface area contributed by atoms with Crippen molar-refractivity contribution in [1.82, 2.24) is 5.16 Å². The van der Waals surface area contributed by atoms with Crippen LogP contribution in [0.1, 0.15) is 0 Å². The van der Waals surface area contributed by atoms with Gasteiger partial charge in [-0.2, -0.15) is 0 Å². The molecule has 0 aliphatic carbocycles. The molecule has 1 aromatic rings. The molecule has 7 heavy (non-hydrogen) atoms. The van der Waals surface area contributed by atoms with Gasteiger partial charge in [-0.3, -0.25) is 0 Å². The lowest BCUT2D eigenvalue weighted by Crippen LogP contribution is -1.81. The van der Waals surface area contributed by atoms with Gasteiger partial charge in [0.15, 0.2) is 12.0 Å². The van der Waals surface area contributed by atoms with Crippen molar-refractivity contribution < 1.29 is 9.63 Å². The van der Waals surface area contributed by atoms with E-state index in [0.717, 1.165) is 6.26 Å². The molecule has 0 saturated heterocycles. The van der Waals surface area contributed by atoms with Gasteiger partial charge in [0.2, 0.25) is 5.82 Å². The first-order valence-corrected chi connectivity index (χ1v) is 1.69. The molecule has 0 saturated carbocycles. The maximum Gasteiger partial charge on any atom is 0.209 e. The van der Waals surface area contributed by atoms with Crippen molar-refractivity contribution in [3.8, 4) is 5.75 Å². The summed E-state index contributed by atoms with van der Waals surface area (Å²) in [4.78, 5) is 0. The zero-order valence-corrected chi connectivity index (χ0v) is 3.46. The van der Waals surface area contributed by atoms with Gasteiger partial charge >= 0.3 is 0 Å². The van der Waals surface area contributed by atoms with E-state index >= 15 is 0 Å². The van der Waals surface area contributed by atoms with Crippen LogP contribution in [0.4, 0.5) is 5.82 Å².